The molecular formula is C15H9Cl2F7N4O2S. The van der Waals surface area contributed by atoms with Gasteiger partial charge in [-0.2, -0.15) is 10.4 Å². The normalized spacial score (nSPS) is 22.2. The molecule has 6 nitrogen and oxygen atoms in total. The highest BCUT2D eigenvalue weighted by atomic mass is 35.5. The zero-order valence-corrected chi connectivity index (χ0v) is 17.2. The van der Waals surface area contributed by atoms with Gasteiger partial charge in [-0.05, 0) is 12.1 Å². The van der Waals surface area contributed by atoms with Gasteiger partial charge in [0.25, 0.3) is 5.92 Å². The molecule has 0 radical (unpaired) electrons. The van der Waals surface area contributed by atoms with Gasteiger partial charge in [-0.1, -0.05) is 42.6 Å². The Balaban J connectivity index is 2.29. The van der Waals surface area contributed by atoms with Crippen molar-refractivity contribution >= 4 is 45.2 Å². The summed E-state index contributed by atoms with van der Waals surface area (Å²) in [5.74, 6) is -5.90. The van der Waals surface area contributed by atoms with Gasteiger partial charge in [-0.3, -0.25) is 4.79 Å². The van der Waals surface area contributed by atoms with Crippen LogP contribution >= 0.6 is 33.4 Å². The maximum atomic E-state index is 14.2. The van der Waals surface area contributed by atoms with Gasteiger partial charge in [-0.25, -0.2) is 13.5 Å². The number of benzene rings is 1. The summed E-state index contributed by atoms with van der Waals surface area (Å²) in [6, 6.07) is 1.16. The third-order valence-electron chi connectivity index (χ3n) is 4.62. The van der Waals surface area contributed by atoms with Crippen LogP contribution in [0.1, 0.15) is 17.7 Å². The van der Waals surface area contributed by atoms with E-state index < -0.39 is 71.7 Å². The average Bonchev–Trinajstić information content (AvgIpc) is 3.03. The number of hydrogen-bond donors (Lipinski definition) is 1. The fourth-order valence-electron chi connectivity index (χ4n) is 3.13. The lowest BCUT2D eigenvalue weighted by Crippen LogP contribution is -2.30. The molecule has 1 heterocycles. The van der Waals surface area contributed by atoms with Gasteiger partial charge in [0.1, 0.15) is 22.5 Å². The van der Waals surface area contributed by atoms with Crippen molar-refractivity contribution in [2.75, 3.05) is 12.8 Å². The lowest BCUT2D eigenvalue weighted by atomic mass is 9.94. The van der Waals surface area contributed by atoms with Gasteiger partial charge < -0.3 is 10.5 Å². The van der Waals surface area contributed by atoms with Gasteiger partial charge in [0, 0.05) is 6.42 Å². The summed E-state index contributed by atoms with van der Waals surface area (Å²) in [5, 5.41) is 10.8. The number of rotatable bonds is 4. The maximum Gasteiger partial charge on any atom is 0.322 e. The standard InChI is InChI=1S/C15H9Cl2F7N4O2S/c1-30-13(29)14(5-15(14,18)19)10-9(4-25)27-28(12(10)26)11-7(16)2-6(3-8(11)17)31(20,21,22,23)24/h2-3H,5,26H2,1H3. The second kappa shape index (κ2) is 5.90. The number of carbonyl (C=O) groups excluding carboxylic acids is 1. The summed E-state index contributed by atoms with van der Waals surface area (Å²) in [4.78, 5) is 9.67. The zero-order valence-electron chi connectivity index (χ0n) is 14.9. The van der Waals surface area contributed by atoms with Gasteiger partial charge in [0.2, 0.25) is 0 Å². The van der Waals surface area contributed by atoms with Crippen molar-refractivity contribution in [3.8, 4) is 11.8 Å². The van der Waals surface area contributed by atoms with Crippen molar-refractivity contribution < 1.29 is 37.7 Å². The number of halogens is 9. The number of carbonyl (C=O) groups is 1. The summed E-state index contributed by atoms with van der Waals surface area (Å²) in [6.45, 7) is 0. The van der Waals surface area contributed by atoms with Crippen molar-refractivity contribution in [3.63, 3.8) is 0 Å². The molecule has 1 aromatic carbocycles. The number of nitrogens with two attached hydrogens (primary N) is 1. The number of nitriles is 1. The third kappa shape index (κ3) is 3.44. The number of hydrogen-bond acceptors (Lipinski definition) is 5. The highest BCUT2D eigenvalue weighted by Gasteiger charge is 2.79. The molecule has 0 amide bonds. The molecule has 2 aromatic rings. The Morgan fingerprint density at radius 1 is 1.26 bits per heavy atom. The molecule has 170 valence electrons. The first-order valence-electron chi connectivity index (χ1n) is 7.79. The second-order valence-corrected chi connectivity index (χ2v) is 9.84. The number of methoxy groups -OCH3 is 1. The minimum absolute atomic E-state index is 0.140. The molecule has 1 aliphatic rings. The quantitative estimate of drug-likeness (QED) is 0.416. The average molecular weight is 513 g/mol. The fraction of sp³-hybridized carbons (Fsp3) is 0.267. The molecule has 31 heavy (non-hydrogen) atoms. The summed E-state index contributed by atoms with van der Waals surface area (Å²) in [7, 11) is -9.35. The Hall–Kier alpha value is -2.37. The number of esters is 1. The molecule has 2 N–H and O–H groups in total. The summed E-state index contributed by atoms with van der Waals surface area (Å²) >= 11 is 11.4. The first-order chi connectivity index (χ1) is 13.8. The summed E-state index contributed by atoms with van der Waals surface area (Å²) in [6.07, 6.45) is -1.08. The molecule has 3 rings (SSSR count). The molecule has 1 saturated carbocycles. The van der Waals surface area contributed by atoms with E-state index >= 15 is 0 Å². The third-order valence-corrected chi connectivity index (χ3v) is 6.32. The van der Waals surface area contributed by atoms with Crippen LogP contribution in [0, 0.1) is 11.3 Å². The van der Waals surface area contributed by atoms with Crippen LogP contribution < -0.4 is 5.73 Å². The Labute approximate surface area is 179 Å². The van der Waals surface area contributed by atoms with Gasteiger partial charge in [0.15, 0.2) is 11.1 Å². The van der Waals surface area contributed by atoms with Crippen LogP contribution in [0.5, 0.6) is 0 Å². The first kappa shape index (κ1) is 23.3. The van der Waals surface area contributed by atoms with Crippen LogP contribution in [-0.4, -0.2) is 28.8 Å². The molecule has 1 unspecified atom stereocenters. The van der Waals surface area contributed by atoms with Gasteiger partial charge >= 0.3 is 16.2 Å². The van der Waals surface area contributed by atoms with Gasteiger partial charge in [0.05, 0.1) is 22.7 Å². The van der Waals surface area contributed by atoms with E-state index in [0.717, 1.165) is 7.11 Å². The number of anilines is 1. The molecule has 0 aliphatic heterocycles. The van der Waals surface area contributed by atoms with Crippen molar-refractivity contribution in [3.05, 3.63) is 33.4 Å². The van der Waals surface area contributed by atoms with E-state index in [0.29, 0.717) is 4.68 Å². The summed E-state index contributed by atoms with van der Waals surface area (Å²) < 4.78 is 98.5. The topological polar surface area (TPSA) is 93.9 Å². The van der Waals surface area contributed by atoms with Crippen LogP contribution in [0.25, 0.3) is 5.69 Å². The van der Waals surface area contributed by atoms with E-state index in [-0.39, 0.29) is 12.1 Å². The molecule has 0 saturated heterocycles. The number of alkyl halides is 2. The number of ether oxygens (including phenoxy) is 1. The largest absolute Gasteiger partial charge is 0.468 e. The SMILES string of the molecule is COC(=O)C1(c2c(C#N)nn(-c3c(Cl)cc(S(F)(F)(F)(F)F)cc3Cl)c2N)CC1(F)F. The summed E-state index contributed by atoms with van der Waals surface area (Å²) in [5.41, 5.74) is 0.886. The molecule has 1 atom stereocenters. The second-order valence-electron chi connectivity index (χ2n) is 6.62. The molecule has 16 heteroatoms. The maximum absolute atomic E-state index is 14.2. The van der Waals surface area contributed by atoms with E-state index in [1.54, 1.807) is 0 Å². The van der Waals surface area contributed by atoms with Crippen LogP contribution in [-0.2, 0) is 14.9 Å². The highest BCUT2D eigenvalue weighted by molar-refractivity contribution is 8.45. The lowest BCUT2D eigenvalue weighted by molar-refractivity contribution is -0.146. The van der Waals surface area contributed by atoms with Crippen molar-refractivity contribution in [2.45, 2.75) is 22.7 Å². The van der Waals surface area contributed by atoms with E-state index in [1.165, 1.54) is 6.07 Å². The molecule has 0 spiro atoms. The first-order valence-corrected chi connectivity index (χ1v) is 10.5. The minimum Gasteiger partial charge on any atom is -0.468 e. The van der Waals surface area contributed by atoms with Crippen LogP contribution in [0.3, 0.4) is 0 Å². The van der Waals surface area contributed by atoms with Crippen molar-refractivity contribution in [1.29, 1.82) is 5.26 Å². The van der Waals surface area contributed by atoms with Gasteiger partial charge in [-0.15, -0.1) is 0 Å². The molecular weight excluding hydrogens is 504 g/mol. The number of nitrogens with zero attached hydrogens (tertiary/aromatic N) is 3. The Morgan fingerprint density at radius 2 is 1.74 bits per heavy atom. The molecule has 1 aromatic heterocycles. The van der Waals surface area contributed by atoms with E-state index in [4.69, 9.17) is 28.9 Å². The van der Waals surface area contributed by atoms with Crippen LogP contribution in [0.4, 0.5) is 34.0 Å². The predicted octanol–water partition coefficient (Wildman–Crippen LogP) is 5.74. The Morgan fingerprint density at radius 3 is 2.10 bits per heavy atom. The van der Waals surface area contributed by atoms with Crippen LogP contribution in [0.15, 0.2) is 17.0 Å². The minimum atomic E-state index is -10.2. The predicted molar refractivity (Wildman–Crippen MR) is 97.4 cm³/mol. The Kier molecular flexibility index (Phi) is 4.43. The van der Waals surface area contributed by atoms with Crippen molar-refractivity contribution in [1.82, 2.24) is 9.78 Å². The Bertz CT molecular complexity index is 1170. The smallest absolute Gasteiger partial charge is 0.322 e. The van der Waals surface area contributed by atoms with E-state index in [9.17, 15) is 38.3 Å². The van der Waals surface area contributed by atoms with E-state index in [1.807, 2.05) is 0 Å². The highest BCUT2D eigenvalue weighted by Crippen LogP contribution is 3.02. The monoisotopic (exact) mass is 512 g/mol. The fourth-order valence-corrected chi connectivity index (χ4v) is 4.58. The van der Waals surface area contributed by atoms with E-state index in [2.05, 4.69) is 9.84 Å². The number of nitrogen functional groups attached to an aromatic ring is 1. The van der Waals surface area contributed by atoms with Crippen LogP contribution in [0.2, 0.25) is 10.0 Å². The molecule has 0 bridgehead atoms. The molecule has 1 fully saturated rings. The molecule has 1 aliphatic carbocycles. The lowest BCUT2D eigenvalue weighted by Gasteiger charge is -2.40. The zero-order chi connectivity index (χ0) is 23.8. The van der Waals surface area contributed by atoms with Crippen molar-refractivity contribution in [2.24, 2.45) is 0 Å². The number of aromatic nitrogens is 2.